The van der Waals surface area contributed by atoms with E-state index >= 15 is 0 Å². The first-order chi connectivity index (χ1) is 11.8. The van der Waals surface area contributed by atoms with E-state index in [4.69, 9.17) is 0 Å². The van der Waals surface area contributed by atoms with Crippen molar-refractivity contribution >= 4 is 11.5 Å². The normalized spacial score (nSPS) is 17.5. The number of allylic oxidation sites excluding steroid dienone is 1. The molecule has 1 fully saturated rings. The van der Waals surface area contributed by atoms with Crippen molar-refractivity contribution in [3.63, 3.8) is 0 Å². The smallest absolute Gasteiger partial charge is 0.254 e. The maximum Gasteiger partial charge on any atom is 0.254 e. The number of likely N-dealkylation sites (tertiary alicyclic amines) is 1. The van der Waals surface area contributed by atoms with Gasteiger partial charge in [-0.2, -0.15) is 0 Å². The molecule has 122 valence electrons. The van der Waals surface area contributed by atoms with Gasteiger partial charge in [-0.05, 0) is 48.3 Å². The number of hydrogen-bond acceptors (Lipinski definition) is 1. The van der Waals surface area contributed by atoms with Crippen molar-refractivity contribution in [2.24, 2.45) is 5.92 Å². The highest BCUT2D eigenvalue weighted by Crippen LogP contribution is 2.30. The first-order valence-corrected chi connectivity index (χ1v) is 8.93. The molecule has 0 bridgehead atoms. The maximum absolute atomic E-state index is 12.9. The summed E-state index contributed by atoms with van der Waals surface area (Å²) >= 11 is 0. The number of amides is 1. The minimum absolute atomic E-state index is 0.220. The topological polar surface area (TPSA) is 20.3 Å². The monoisotopic (exact) mass is 317 g/mol. The Morgan fingerprint density at radius 2 is 1.67 bits per heavy atom. The van der Waals surface area contributed by atoms with Crippen molar-refractivity contribution < 1.29 is 4.79 Å². The zero-order valence-corrected chi connectivity index (χ0v) is 13.9. The largest absolute Gasteiger partial charge is 0.339 e. The van der Waals surface area contributed by atoms with Crippen LogP contribution in [0, 0.1) is 5.92 Å². The van der Waals surface area contributed by atoms with Gasteiger partial charge in [0.05, 0.1) is 0 Å². The number of piperidine rings is 1. The van der Waals surface area contributed by atoms with E-state index in [1.165, 1.54) is 11.1 Å². The Labute approximate surface area is 143 Å². The van der Waals surface area contributed by atoms with Crippen LogP contribution in [0.5, 0.6) is 0 Å². The molecule has 2 aromatic carbocycles. The van der Waals surface area contributed by atoms with E-state index in [0.29, 0.717) is 5.92 Å². The molecule has 1 saturated heterocycles. The third kappa shape index (κ3) is 3.01. The molecule has 1 aliphatic heterocycles. The third-order valence-electron chi connectivity index (χ3n) is 5.33. The van der Waals surface area contributed by atoms with Gasteiger partial charge in [-0.25, -0.2) is 0 Å². The summed E-state index contributed by atoms with van der Waals surface area (Å²) in [6, 6.07) is 19.0. The summed E-state index contributed by atoms with van der Waals surface area (Å²) in [5.41, 5.74) is 4.73. The fraction of sp³-hybridized carbons (Fsp3) is 0.318. The van der Waals surface area contributed by atoms with Crippen LogP contribution in [0.4, 0.5) is 0 Å². The van der Waals surface area contributed by atoms with Gasteiger partial charge in [0.25, 0.3) is 5.91 Å². The summed E-state index contributed by atoms with van der Waals surface area (Å²) < 4.78 is 0. The lowest BCUT2D eigenvalue weighted by molar-refractivity contribution is -0.126. The Bertz CT molecular complexity index is 755. The van der Waals surface area contributed by atoms with Gasteiger partial charge in [0.15, 0.2) is 0 Å². The van der Waals surface area contributed by atoms with E-state index in [1.807, 2.05) is 6.07 Å². The zero-order valence-electron chi connectivity index (χ0n) is 13.9. The number of hydrogen-bond donors (Lipinski definition) is 0. The number of fused-ring (bicyclic) bond motifs is 1. The second-order valence-corrected chi connectivity index (χ2v) is 6.90. The number of nitrogens with zero attached hydrogens (tertiary/aromatic N) is 1. The zero-order chi connectivity index (χ0) is 16.4. The van der Waals surface area contributed by atoms with Crippen LogP contribution in [0.25, 0.3) is 5.57 Å². The lowest BCUT2D eigenvalue weighted by Crippen LogP contribution is -2.39. The molecule has 2 aromatic rings. The fourth-order valence-electron chi connectivity index (χ4n) is 3.94. The molecule has 2 heteroatoms. The molecule has 2 aliphatic rings. The molecule has 24 heavy (non-hydrogen) atoms. The van der Waals surface area contributed by atoms with Crippen molar-refractivity contribution in [3.05, 3.63) is 77.4 Å². The van der Waals surface area contributed by atoms with Gasteiger partial charge in [-0.15, -0.1) is 0 Å². The fourth-order valence-corrected chi connectivity index (χ4v) is 3.94. The molecule has 2 nitrogen and oxygen atoms in total. The quantitative estimate of drug-likeness (QED) is 0.834. The summed E-state index contributed by atoms with van der Waals surface area (Å²) in [6.07, 6.45) is 6.34. The van der Waals surface area contributed by atoms with Crippen molar-refractivity contribution in [2.75, 3.05) is 13.1 Å². The van der Waals surface area contributed by atoms with E-state index < -0.39 is 0 Å². The summed E-state index contributed by atoms with van der Waals surface area (Å²) in [4.78, 5) is 14.9. The van der Waals surface area contributed by atoms with Crippen LogP contribution < -0.4 is 0 Å². The summed E-state index contributed by atoms with van der Waals surface area (Å²) in [7, 11) is 0. The summed E-state index contributed by atoms with van der Waals surface area (Å²) in [5, 5.41) is 0. The highest BCUT2D eigenvalue weighted by molar-refractivity contribution is 6.20. The molecule has 4 rings (SSSR count). The van der Waals surface area contributed by atoms with E-state index in [2.05, 4.69) is 59.5 Å². The first kappa shape index (κ1) is 15.2. The Kier molecular flexibility index (Phi) is 4.20. The molecule has 0 unspecified atom stereocenters. The van der Waals surface area contributed by atoms with E-state index in [0.717, 1.165) is 49.9 Å². The third-order valence-corrected chi connectivity index (χ3v) is 5.33. The molecule has 0 N–H and O–H groups in total. The molecule has 0 radical (unpaired) electrons. The van der Waals surface area contributed by atoms with Crippen molar-refractivity contribution in [2.45, 2.75) is 25.7 Å². The average Bonchev–Trinajstić information content (AvgIpc) is 3.07. The predicted molar refractivity (Wildman–Crippen MR) is 97.6 cm³/mol. The molecular formula is C22H23NO. The molecule has 1 aliphatic carbocycles. The Morgan fingerprint density at radius 3 is 2.46 bits per heavy atom. The second kappa shape index (κ2) is 6.64. The predicted octanol–water partition coefficient (Wildman–Crippen LogP) is 4.11. The van der Waals surface area contributed by atoms with Crippen LogP contribution in [0.3, 0.4) is 0 Å². The van der Waals surface area contributed by atoms with E-state index in [-0.39, 0.29) is 5.91 Å². The molecular weight excluding hydrogens is 294 g/mol. The maximum atomic E-state index is 12.9. The van der Waals surface area contributed by atoms with Crippen LogP contribution in [0.1, 0.15) is 29.5 Å². The molecule has 0 atom stereocenters. The summed E-state index contributed by atoms with van der Waals surface area (Å²) in [6.45, 7) is 1.77. The number of carbonyl (C=O) groups is 1. The van der Waals surface area contributed by atoms with Crippen LogP contribution in [-0.4, -0.2) is 23.9 Å². The number of rotatable bonds is 3. The number of benzene rings is 2. The summed E-state index contributed by atoms with van der Waals surface area (Å²) in [5.74, 6) is 0.916. The van der Waals surface area contributed by atoms with Crippen LogP contribution in [0.15, 0.2) is 60.7 Å². The van der Waals surface area contributed by atoms with Gasteiger partial charge in [0.2, 0.25) is 0 Å². The van der Waals surface area contributed by atoms with Crippen LogP contribution in [-0.2, 0) is 17.6 Å². The lowest BCUT2D eigenvalue weighted by Gasteiger charge is -2.32. The van der Waals surface area contributed by atoms with Crippen LogP contribution in [0.2, 0.25) is 0 Å². The standard InChI is InChI=1S/C22H23NO/c24-22(21-11-10-19-8-4-5-9-20(19)21)23-14-12-18(13-15-23)16-17-6-2-1-3-7-17/h1-9,11,18H,10,12-16H2. The van der Waals surface area contributed by atoms with Gasteiger partial charge >= 0.3 is 0 Å². The Hall–Kier alpha value is -2.35. The van der Waals surface area contributed by atoms with Gasteiger partial charge in [-0.1, -0.05) is 60.7 Å². The highest BCUT2D eigenvalue weighted by Gasteiger charge is 2.27. The van der Waals surface area contributed by atoms with Gasteiger partial charge < -0.3 is 4.90 Å². The van der Waals surface area contributed by atoms with Crippen molar-refractivity contribution in [1.82, 2.24) is 4.90 Å². The second-order valence-electron chi connectivity index (χ2n) is 6.90. The first-order valence-electron chi connectivity index (χ1n) is 8.93. The Balaban J connectivity index is 1.37. The molecule has 0 spiro atoms. The van der Waals surface area contributed by atoms with E-state index in [9.17, 15) is 4.79 Å². The average molecular weight is 317 g/mol. The Morgan fingerprint density at radius 1 is 0.958 bits per heavy atom. The van der Waals surface area contributed by atoms with Gasteiger partial charge in [-0.3, -0.25) is 4.79 Å². The SMILES string of the molecule is O=C(C1=CCc2ccccc21)N1CCC(Cc2ccccc2)CC1. The molecule has 1 amide bonds. The van der Waals surface area contributed by atoms with E-state index in [1.54, 1.807) is 0 Å². The number of carbonyl (C=O) groups excluding carboxylic acids is 1. The van der Waals surface area contributed by atoms with Crippen LogP contribution >= 0.6 is 0 Å². The van der Waals surface area contributed by atoms with Gasteiger partial charge in [0, 0.05) is 18.7 Å². The lowest BCUT2D eigenvalue weighted by atomic mass is 9.90. The minimum atomic E-state index is 0.220. The molecule has 0 aromatic heterocycles. The molecule has 1 heterocycles. The minimum Gasteiger partial charge on any atom is -0.339 e. The molecule has 0 saturated carbocycles. The van der Waals surface area contributed by atoms with Gasteiger partial charge in [0.1, 0.15) is 0 Å². The van der Waals surface area contributed by atoms with Crippen molar-refractivity contribution in [3.8, 4) is 0 Å². The van der Waals surface area contributed by atoms with Crippen molar-refractivity contribution in [1.29, 1.82) is 0 Å². The highest BCUT2D eigenvalue weighted by atomic mass is 16.2.